The summed E-state index contributed by atoms with van der Waals surface area (Å²) in [5, 5.41) is 2.91. The third-order valence-corrected chi connectivity index (χ3v) is 5.13. The van der Waals surface area contributed by atoms with E-state index in [2.05, 4.69) is 10.3 Å². The molecule has 0 unspecified atom stereocenters. The molecule has 2 amide bonds. The lowest BCUT2D eigenvalue weighted by atomic mass is 10.1. The van der Waals surface area contributed by atoms with Crippen molar-refractivity contribution in [1.82, 2.24) is 4.98 Å². The number of aryl methyl sites for hydroxylation is 2. The third kappa shape index (κ3) is 3.92. The van der Waals surface area contributed by atoms with Crippen LogP contribution in [-0.2, 0) is 22.4 Å². The van der Waals surface area contributed by atoms with Gasteiger partial charge >= 0.3 is 0 Å². The van der Waals surface area contributed by atoms with Crippen molar-refractivity contribution in [3.8, 4) is 11.5 Å². The molecule has 0 bridgehead atoms. The molecule has 6 nitrogen and oxygen atoms in total. The van der Waals surface area contributed by atoms with Gasteiger partial charge in [-0.1, -0.05) is 23.8 Å². The Hall–Kier alpha value is -3.41. The van der Waals surface area contributed by atoms with Gasteiger partial charge in [0.15, 0.2) is 0 Å². The van der Waals surface area contributed by atoms with Crippen LogP contribution in [0.15, 0.2) is 46.9 Å². The van der Waals surface area contributed by atoms with E-state index in [1.165, 1.54) is 0 Å². The Morgan fingerprint density at radius 3 is 2.76 bits per heavy atom. The minimum atomic E-state index is -0.176. The van der Waals surface area contributed by atoms with Gasteiger partial charge in [0.05, 0.1) is 12.1 Å². The van der Waals surface area contributed by atoms with Gasteiger partial charge in [0.2, 0.25) is 17.7 Å². The number of amides is 2. The van der Waals surface area contributed by atoms with Crippen molar-refractivity contribution in [3.63, 3.8) is 0 Å². The van der Waals surface area contributed by atoms with E-state index in [9.17, 15) is 9.59 Å². The van der Waals surface area contributed by atoms with Crippen LogP contribution in [0.3, 0.4) is 0 Å². The molecule has 0 saturated heterocycles. The third-order valence-electron chi connectivity index (χ3n) is 5.13. The molecule has 0 saturated carbocycles. The van der Waals surface area contributed by atoms with Gasteiger partial charge in [0, 0.05) is 30.4 Å². The van der Waals surface area contributed by atoms with Crippen LogP contribution in [0.5, 0.6) is 0 Å². The molecule has 0 aliphatic carbocycles. The highest BCUT2D eigenvalue weighted by molar-refractivity contribution is 5.97. The monoisotopic (exact) mass is 389 g/mol. The summed E-state index contributed by atoms with van der Waals surface area (Å²) in [7, 11) is 0. The first-order valence-corrected chi connectivity index (χ1v) is 9.65. The SMILES string of the molecule is CC(=O)N1CCc2ccc(NC(=O)Cc3nc(-c4cccc(C)c4)oc3C)cc21. The number of nitrogens with zero attached hydrogens (tertiary/aromatic N) is 2. The van der Waals surface area contributed by atoms with Crippen LogP contribution in [-0.4, -0.2) is 23.3 Å². The Labute approximate surface area is 169 Å². The molecule has 29 heavy (non-hydrogen) atoms. The van der Waals surface area contributed by atoms with Crippen molar-refractivity contribution >= 4 is 23.2 Å². The fraction of sp³-hybridized carbons (Fsp3) is 0.261. The predicted molar refractivity (Wildman–Crippen MR) is 112 cm³/mol. The van der Waals surface area contributed by atoms with Gasteiger partial charge in [-0.25, -0.2) is 4.98 Å². The van der Waals surface area contributed by atoms with Gasteiger partial charge < -0.3 is 14.6 Å². The largest absolute Gasteiger partial charge is 0.441 e. The van der Waals surface area contributed by atoms with Crippen LogP contribution in [0.25, 0.3) is 11.5 Å². The number of hydrogen-bond donors (Lipinski definition) is 1. The Morgan fingerprint density at radius 2 is 2.00 bits per heavy atom. The quantitative estimate of drug-likeness (QED) is 0.730. The van der Waals surface area contributed by atoms with Crippen LogP contribution in [0, 0.1) is 13.8 Å². The zero-order valence-corrected chi connectivity index (χ0v) is 16.8. The molecule has 0 spiro atoms. The number of oxazole rings is 1. The van der Waals surface area contributed by atoms with E-state index >= 15 is 0 Å². The van der Waals surface area contributed by atoms with E-state index < -0.39 is 0 Å². The number of carbonyl (C=O) groups excluding carboxylic acids is 2. The maximum Gasteiger partial charge on any atom is 0.230 e. The van der Waals surface area contributed by atoms with Crippen LogP contribution in [0.4, 0.5) is 11.4 Å². The lowest BCUT2D eigenvalue weighted by molar-refractivity contribution is -0.116. The molecular weight excluding hydrogens is 366 g/mol. The van der Waals surface area contributed by atoms with Crippen molar-refractivity contribution in [2.75, 3.05) is 16.8 Å². The maximum absolute atomic E-state index is 12.6. The number of hydrogen-bond acceptors (Lipinski definition) is 4. The van der Waals surface area contributed by atoms with E-state index in [1.54, 1.807) is 11.8 Å². The van der Waals surface area contributed by atoms with E-state index in [-0.39, 0.29) is 18.2 Å². The molecule has 1 N–H and O–H groups in total. The maximum atomic E-state index is 12.6. The number of rotatable bonds is 4. The standard InChI is InChI=1S/C23H23N3O3/c1-14-5-4-6-18(11-14)23-25-20(15(2)29-23)13-22(28)24-19-8-7-17-9-10-26(16(3)27)21(17)12-19/h4-8,11-12H,9-10,13H2,1-3H3,(H,24,28). The first-order chi connectivity index (χ1) is 13.9. The molecule has 2 heterocycles. The highest BCUT2D eigenvalue weighted by Crippen LogP contribution is 2.31. The summed E-state index contributed by atoms with van der Waals surface area (Å²) in [6.45, 7) is 6.06. The summed E-state index contributed by atoms with van der Waals surface area (Å²) >= 11 is 0. The molecule has 1 aliphatic rings. The molecular formula is C23H23N3O3. The Kier molecular flexibility index (Phi) is 4.92. The van der Waals surface area contributed by atoms with Crippen molar-refractivity contribution < 1.29 is 14.0 Å². The Balaban J connectivity index is 1.48. The van der Waals surface area contributed by atoms with Gasteiger partial charge in [0.1, 0.15) is 5.76 Å². The normalized spacial score (nSPS) is 12.7. The van der Waals surface area contributed by atoms with E-state index in [0.717, 1.165) is 28.8 Å². The minimum absolute atomic E-state index is 0.00845. The van der Waals surface area contributed by atoms with Crippen molar-refractivity contribution in [1.29, 1.82) is 0 Å². The van der Waals surface area contributed by atoms with Crippen molar-refractivity contribution in [3.05, 3.63) is 65.0 Å². The number of carbonyl (C=O) groups is 2. The highest BCUT2D eigenvalue weighted by Gasteiger charge is 2.23. The second-order valence-electron chi connectivity index (χ2n) is 7.38. The zero-order chi connectivity index (χ0) is 20.5. The molecule has 4 rings (SSSR count). The second kappa shape index (κ2) is 7.54. The minimum Gasteiger partial charge on any atom is -0.441 e. The summed E-state index contributed by atoms with van der Waals surface area (Å²) in [5.74, 6) is 0.982. The number of nitrogens with one attached hydrogen (secondary N) is 1. The lowest BCUT2D eigenvalue weighted by Gasteiger charge is -2.15. The Morgan fingerprint density at radius 1 is 1.17 bits per heavy atom. The summed E-state index contributed by atoms with van der Waals surface area (Å²) in [6, 6.07) is 13.6. The molecule has 0 fully saturated rings. The number of anilines is 2. The van der Waals surface area contributed by atoms with Crippen LogP contribution in [0.1, 0.15) is 29.5 Å². The molecule has 1 aromatic heterocycles. The number of benzene rings is 2. The molecule has 0 atom stereocenters. The number of fused-ring (bicyclic) bond motifs is 1. The average Bonchev–Trinajstić information content (AvgIpc) is 3.25. The lowest BCUT2D eigenvalue weighted by Crippen LogP contribution is -2.25. The Bertz CT molecular complexity index is 1100. The number of aromatic nitrogens is 1. The van der Waals surface area contributed by atoms with Crippen LogP contribution in [0.2, 0.25) is 0 Å². The van der Waals surface area contributed by atoms with Crippen LogP contribution >= 0.6 is 0 Å². The van der Waals surface area contributed by atoms with Gasteiger partial charge in [-0.2, -0.15) is 0 Å². The highest BCUT2D eigenvalue weighted by atomic mass is 16.4. The summed E-state index contributed by atoms with van der Waals surface area (Å²) in [6.07, 6.45) is 0.956. The van der Waals surface area contributed by atoms with Gasteiger partial charge in [-0.3, -0.25) is 9.59 Å². The van der Waals surface area contributed by atoms with Crippen LogP contribution < -0.4 is 10.2 Å². The summed E-state index contributed by atoms with van der Waals surface area (Å²) < 4.78 is 5.77. The smallest absolute Gasteiger partial charge is 0.230 e. The van der Waals surface area contributed by atoms with Crippen molar-refractivity contribution in [2.45, 2.75) is 33.6 Å². The zero-order valence-electron chi connectivity index (χ0n) is 16.8. The molecule has 6 heteroatoms. The molecule has 3 aromatic rings. The second-order valence-corrected chi connectivity index (χ2v) is 7.38. The molecule has 2 aromatic carbocycles. The first-order valence-electron chi connectivity index (χ1n) is 9.65. The first kappa shape index (κ1) is 18.9. The molecule has 1 aliphatic heterocycles. The fourth-order valence-corrected chi connectivity index (χ4v) is 3.63. The summed E-state index contributed by atoms with van der Waals surface area (Å²) in [4.78, 5) is 30.6. The van der Waals surface area contributed by atoms with E-state index in [4.69, 9.17) is 4.42 Å². The van der Waals surface area contributed by atoms with Gasteiger partial charge in [0.25, 0.3) is 0 Å². The predicted octanol–water partition coefficient (Wildman–Crippen LogP) is 4.05. The van der Waals surface area contributed by atoms with Crippen molar-refractivity contribution in [2.24, 2.45) is 0 Å². The van der Waals surface area contributed by atoms with E-state index in [1.807, 2.05) is 56.3 Å². The molecule has 148 valence electrons. The van der Waals surface area contributed by atoms with E-state index in [0.29, 0.717) is 29.6 Å². The fourth-order valence-electron chi connectivity index (χ4n) is 3.63. The average molecular weight is 389 g/mol. The molecule has 0 radical (unpaired) electrons. The van der Waals surface area contributed by atoms with Gasteiger partial charge in [-0.05, 0) is 50.1 Å². The topological polar surface area (TPSA) is 75.4 Å². The summed E-state index contributed by atoms with van der Waals surface area (Å²) in [5.41, 5.74) is 5.28. The van der Waals surface area contributed by atoms with Gasteiger partial charge in [-0.15, -0.1) is 0 Å².